The SMILES string of the molecule is CCCCOc1ccc(NC(=O)OC(C)(C)C)cc1[C@]1(C)c2ccccc2N[C@@H]1C. The van der Waals surface area contributed by atoms with E-state index in [0.717, 1.165) is 29.8 Å². The number of hydrogen-bond acceptors (Lipinski definition) is 4. The van der Waals surface area contributed by atoms with Gasteiger partial charge < -0.3 is 14.8 Å². The lowest BCUT2D eigenvalue weighted by Gasteiger charge is -2.32. The number of unbranched alkanes of at least 4 members (excludes halogenated alkanes) is 1. The number of hydrogen-bond donors (Lipinski definition) is 2. The van der Waals surface area contributed by atoms with Crippen molar-refractivity contribution in [3.8, 4) is 5.75 Å². The topological polar surface area (TPSA) is 59.6 Å². The molecule has 0 saturated carbocycles. The van der Waals surface area contributed by atoms with Gasteiger partial charge in [-0.3, -0.25) is 5.32 Å². The van der Waals surface area contributed by atoms with Crippen LogP contribution in [0.1, 0.15) is 65.5 Å². The number of anilines is 2. The maximum absolute atomic E-state index is 12.3. The Bertz CT molecular complexity index is 904. The van der Waals surface area contributed by atoms with Gasteiger partial charge in [0, 0.05) is 28.4 Å². The van der Waals surface area contributed by atoms with E-state index in [9.17, 15) is 4.79 Å². The highest BCUT2D eigenvalue weighted by atomic mass is 16.6. The van der Waals surface area contributed by atoms with Crippen LogP contribution in [-0.4, -0.2) is 24.3 Å². The van der Waals surface area contributed by atoms with Crippen LogP contribution < -0.4 is 15.4 Å². The monoisotopic (exact) mass is 410 g/mol. The second-order valence-corrected chi connectivity index (χ2v) is 9.15. The molecule has 0 radical (unpaired) electrons. The molecule has 0 aliphatic carbocycles. The number of carbonyl (C=O) groups is 1. The number of amides is 1. The summed E-state index contributed by atoms with van der Waals surface area (Å²) in [5.74, 6) is 0.853. The molecule has 1 aliphatic heterocycles. The molecule has 162 valence electrons. The van der Waals surface area contributed by atoms with Gasteiger partial charge in [0.25, 0.3) is 0 Å². The van der Waals surface area contributed by atoms with E-state index < -0.39 is 11.7 Å². The van der Waals surface area contributed by atoms with Gasteiger partial charge in [-0.1, -0.05) is 31.5 Å². The van der Waals surface area contributed by atoms with Crippen molar-refractivity contribution >= 4 is 17.5 Å². The third-order valence-corrected chi connectivity index (χ3v) is 5.66. The molecule has 0 saturated heterocycles. The summed E-state index contributed by atoms with van der Waals surface area (Å²) < 4.78 is 11.6. The van der Waals surface area contributed by atoms with Crippen LogP contribution in [0.25, 0.3) is 0 Å². The van der Waals surface area contributed by atoms with Gasteiger partial charge in [0.2, 0.25) is 0 Å². The van der Waals surface area contributed by atoms with Gasteiger partial charge in [-0.2, -0.15) is 0 Å². The van der Waals surface area contributed by atoms with Crippen molar-refractivity contribution in [1.29, 1.82) is 0 Å². The Morgan fingerprint density at radius 1 is 1.17 bits per heavy atom. The summed E-state index contributed by atoms with van der Waals surface area (Å²) in [4.78, 5) is 12.3. The maximum atomic E-state index is 12.3. The Hall–Kier alpha value is -2.69. The van der Waals surface area contributed by atoms with Crippen LogP contribution in [0.4, 0.5) is 16.2 Å². The zero-order chi connectivity index (χ0) is 21.9. The second-order valence-electron chi connectivity index (χ2n) is 9.15. The first kappa shape index (κ1) is 22.0. The van der Waals surface area contributed by atoms with Crippen LogP contribution in [0.3, 0.4) is 0 Å². The van der Waals surface area contributed by atoms with Crippen LogP contribution in [0.2, 0.25) is 0 Å². The third-order valence-electron chi connectivity index (χ3n) is 5.66. The highest BCUT2D eigenvalue weighted by Gasteiger charge is 2.43. The minimum atomic E-state index is -0.551. The molecule has 0 aromatic heterocycles. The molecule has 3 rings (SSSR count). The molecule has 0 unspecified atom stereocenters. The molecule has 1 amide bonds. The first-order chi connectivity index (χ1) is 14.1. The maximum Gasteiger partial charge on any atom is 0.412 e. The van der Waals surface area contributed by atoms with Gasteiger partial charge in [0.1, 0.15) is 11.4 Å². The van der Waals surface area contributed by atoms with Crippen LogP contribution in [-0.2, 0) is 10.2 Å². The van der Waals surface area contributed by atoms with E-state index in [1.54, 1.807) is 0 Å². The number of para-hydroxylation sites is 1. The number of benzene rings is 2. The summed E-state index contributed by atoms with van der Waals surface area (Å²) in [6.07, 6.45) is 1.61. The molecule has 2 aromatic rings. The van der Waals surface area contributed by atoms with E-state index in [4.69, 9.17) is 9.47 Å². The zero-order valence-corrected chi connectivity index (χ0v) is 19.0. The Kier molecular flexibility index (Phi) is 6.30. The number of carbonyl (C=O) groups excluding carboxylic acids is 1. The lowest BCUT2D eigenvalue weighted by atomic mass is 9.73. The third kappa shape index (κ3) is 4.55. The van der Waals surface area contributed by atoms with Crippen molar-refractivity contribution in [3.05, 3.63) is 53.6 Å². The molecule has 2 N–H and O–H groups in total. The predicted molar refractivity (Wildman–Crippen MR) is 123 cm³/mol. The average Bonchev–Trinajstić information content (AvgIpc) is 2.93. The van der Waals surface area contributed by atoms with Gasteiger partial charge in [-0.05, 0) is 70.9 Å². The van der Waals surface area contributed by atoms with E-state index in [2.05, 4.69) is 49.6 Å². The van der Waals surface area contributed by atoms with Gasteiger partial charge >= 0.3 is 6.09 Å². The summed E-state index contributed by atoms with van der Waals surface area (Å²) in [6, 6.07) is 14.4. The zero-order valence-electron chi connectivity index (χ0n) is 19.0. The summed E-state index contributed by atoms with van der Waals surface area (Å²) in [6.45, 7) is 12.8. The van der Waals surface area contributed by atoms with Crippen LogP contribution in [0.5, 0.6) is 5.75 Å². The lowest BCUT2D eigenvalue weighted by molar-refractivity contribution is 0.0636. The van der Waals surface area contributed by atoms with E-state index in [1.165, 1.54) is 5.56 Å². The highest BCUT2D eigenvalue weighted by molar-refractivity contribution is 5.85. The van der Waals surface area contributed by atoms with Crippen molar-refractivity contribution in [2.24, 2.45) is 0 Å². The van der Waals surface area contributed by atoms with Crippen LogP contribution in [0, 0.1) is 0 Å². The van der Waals surface area contributed by atoms with Crippen LogP contribution in [0.15, 0.2) is 42.5 Å². The summed E-state index contributed by atoms with van der Waals surface area (Å²) in [7, 11) is 0. The molecule has 2 aromatic carbocycles. The first-order valence-corrected chi connectivity index (χ1v) is 10.8. The fraction of sp³-hybridized carbons (Fsp3) is 0.480. The molecular formula is C25H34N2O3. The van der Waals surface area contributed by atoms with E-state index in [0.29, 0.717) is 12.3 Å². The minimum absolute atomic E-state index is 0.167. The Balaban J connectivity index is 2.00. The second kappa shape index (κ2) is 8.58. The van der Waals surface area contributed by atoms with E-state index in [-0.39, 0.29) is 11.5 Å². The van der Waals surface area contributed by atoms with Crippen molar-refractivity contribution < 1.29 is 14.3 Å². The molecule has 0 bridgehead atoms. The summed E-state index contributed by atoms with van der Waals surface area (Å²) in [5.41, 5.74) is 3.26. The Morgan fingerprint density at radius 3 is 2.60 bits per heavy atom. The average molecular weight is 411 g/mol. The minimum Gasteiger partial charge on any atom is -0.493 e. The van der Waals surface area contributed by atoms with Gasteiger partial charge in [-0.25, -0.2) is 4.79 Å². The number of fused-ring (bicyclic) bond motifs is 1. The van der Waals surface area contributed by atoms with Crippen molar-refractivity contribution in [2.45, 2.75) is 71.4 Å². The predicted octanol–water partition coefficient (Wildman–Crippen LogP) is 6.33. The number of rotatable bonds is 6. The van der Waals surface area contributed by atoms with Crippen molar-refractivity contribution in [3.63, 3.8) is 0 Å². The Morgan fingerprint density at radius 2 is 1.90 bits per heavy atom. The van der Waals surface area contributed by atoms with Crippen LogP contribution >= 0.6 is 0 Å². The molecule has 1 aliphatic rings. The summed E-state index contributed by atoms with van der Waals surface area (Å²) >= 11 is 0. The largest absolute Gasteiger partial charge is 0.493 e. The fourth-order valence-corrected chi connectivity index (χ4v) is 3.94. The molecule has 5 nitrogen and oxygen atoms in total. The standard InChI is InChI=1S/C25H34N2O3/c1-7-8-15-29-22-14-13-18(27-23(28)30-24(3,4)5)16-20(22)25(6)17(2)26-21-12-10-9-11-19(21)25/h9-14,16-17,26H,7-8,15H2,1-6H3,(H,27,28)/t17-,25+/m1/s1. The molecule has 0 fully saturated rings. The fourth-order valence-electron chi connectivity index (χ4n) is 3.94. The highest BCUT2D eigenvalue weighted by Crippen LogP contribution is 2.49. The lowest BCUT2D eigenvalue weighted by Crippen LogP contribution is -2.35. The van der Waals surface area contributed by atoms with E-state index >= 15 is 0 Å². The van der Waals surface area contributed by atoms with Crippen molar-refractivity contribution in [2.75, 3.05) is 17.2 Å². The normalized spacial score (nSPS) is 20.3. The Labute approximate surface area is 180 Å². The molecule has 30 heavy (non-hydrogen) atoms. The number of nitrogens with one attached hydrogen (secondary N) is 2. The molecule has 5 heteroatoms. The molecular weight excluding hydrogens is 376 g/mol. The first-order valence-electron chi connectivity index (χ1n) is 10.8. The van der Waals surface area contributed by atoms with E-state index in [1.807, 2.05) is 45.0 Å². The van der Waals surface area contributed by atoms with Crippen molar-refractivity contribution in [1.82, 2.24) is 0 Å². The summed E-state index contributed by atoms with van der Waals surface area (Å²) in [5, 5.41) is 6.48. The smallest absolute Gasteiger partial charge is 0.412 e. The van der Waals surface area contributed by atoms with Gasteiger partial charge in [0.05, 0.1) is 6.61 Å². The molecule has 1 heterocycles. The quantitative estimate of drug-likeness (QED) is 0.546. The van der Waals surface area contributed by atoms with Gasteiger partial charge in [-0.15, -0.1) is 0 Å². The van der Waals surface area contributed by atoms with Gasteiger partial charge in [0.15, 0.2) is 0 Å². The molecule has 2 atom stereocenters. The number of ether oxygens (including phenoxy) is 2. The molecule has 0 spiro atoms.